The number of nitrogens with one attached hydrogen (secondary N) is 1. The Hall–Kier alpha value is -2.62. The van der Waals surface area contributed by atoms with Gasteiger partial charge in [0, 0.05) is 25.8 Å². The molecule has 2 heterocycles. The van der Waals surface area contributed by atoms with Crippen molar-refractivity contribution in [3.63, 3.8) is 0 Å². The van der Waals surface area contributed by atoms with Crippen LogP contribution in [-0.4, -0.2) is 44.8 Å². The van der Waals surface area contributed by atoms with Gasteiger partial charge in [-0.25, -0.2) is 9.48 Å². The Morgan fingerprint density at radius 1 is 1.17 bits per heavy atom. The van der Waals surface area contributed by atoms with Crippen molar-refractivity contribution in [1.29, 1.82) is 0 Å². The quantitative estimate of drug-likeness (QED) is 0.839. The van der Waals surface area contributed by atoms with E-state index in [1.807, 2.05) is 36.9 Å². The number of nitrogens with zero attached hydrogens (tertiary/aromatic N) is 4. The van der Waals surface area contributed by atoms with Crippen LogP contribution < -0.4 is 11.0 Å². The fourth-order valence-corrected chi connectivity index (χ4v) is 3.71. The summed E-state index contributed by atoms with van der Waals surface area (Å²) in [4.78, 5) is 26.4. The van der Waals surface area contributed by atoms with Crippen LogP contribution >= 0.6 is 0 Å². The van der Waals surface area contributed by atoms with Gasteiger partial charge >= 0.3 is 11.9 Å². The number of rotatable bonds is 4. The van der Waals surface area contributed by atoms with E-state index in [0.717, 1.165) is 28.5 Å². The molecule has 1 amide bonds. The summed E-state index contributed by atoms with van der Waals surface area (Å²) < 4.78 is 40.3. The van der Waals surface area contributed by atoms with E-state index in [-0.39, 0.29) is 12.5 Å². The molecule has 0 atom stereocenters. The zero-order valence-corrected chi connectivity index (χ0v) is 16.6. The number of alkyl halides is 3. The van der Waals surface area contributed by atoms with E-state index in [1.165, 1.54) is 0 Å². The molecule has 0 unspecified atom stereocenters. The first-order valence-corrected chi connectivity index (χ1v) is 9.38. The lowest BCUT2D eigenvalue weighted by molar-refractivity contribution is -0.147. The summed E-state index contributed by atoms with van der Waals surface area (Å²) >= 11 is 0. The summed E-state index contributed by atoms with van der Waals surface area (Å²) in [6, 6.07) is 5.39. The molecule has 1 aliphatic rings. The number of aryl methyl sites for hydroxylation is 2. The van der Waals surface area contributed by atoms with Gasteiger partial charge in [0.2, 0.25) is 11.7 Å². The molecule has 0 saturated carbocycles. The Bertz CT molecular complexity index is 935. The van der Waals surface area contributed by atoms with Gasteiger partial charge in [0.1, 0.15) is 0 Å². The molecule has 1 N–H and O–H groups in total. The highest BCUT2D eigenvalue weighted by Gasteiger charge is 2.39. The predicted molar refractivity (Wildman–Crippen MR) is 102 cm³/mol. The van der Waals surface area contributed by atoms with Gasteiger partial charge in [-0.05, 0) is 49.9 Å². The largest absolute Gasteiger partial charge is 0.451 e. The summed E-state index contributed by atoms with van der Waals surface area (Å²) in [6.45, 7) is 5.09. The van der Waals surface area contributed by atoms with Crippen LogP contribution in [0.4, 0.5) is 18.9 Å². The third-order valence-electron chi connectivity index (χ3n) is 5.03. The van der Waals surface area contributed by atoms with Gasteiger partial charge in [-0.15, -0.1) is 5.10 Å². The second kappa shape index (κ2) is 8.02. The van der Waals surface area contributed by atoms with Crippen LogP contribution in [0.1, 0.15) is 35.8 Å². The number of piperidine rings is 1. The molecule has 29 heavy (non-hydrogen) atoms. The average Bonchev–Trinajstić information content (AvgIpc) is 2.90. The average molecular weight is 411 g/mol. The minimum absolute atomic E-state index is 0.150. The highest BCUT2D eigenvalue weighted by atomic mass is 19.4. The zero-order valence-electron chi connectivity index (χ0n) is 16.6. The summed E-state index contributed by atoms with van der Waals surface area (Å²) in [6.07, 6.45) is -3.78. The second-order valence-corrected chi connectivity index (χ2v) is 7.54. The van der Waals surface area contributed by atoms with Crippen molar-refractivity contribution in [2.45, 2.75) is 38.9 Å². The van der Waals surface area contributed by atoms with Crippen molar-refractivity contribution in [3.05, 3.63) is 45.6 Å². The molecule has 1 aromatic heterocycles. The summed E-state index contributed by atoms with van der Waals surface area (Å²) in [5.41, 5.74) is 2.07. The van der Waals surface area contributed by atoms with E-state index < -0.39 is 23.7 Å². The van der Waals surface area contributed by atoms with Crippen molar-refractivity contribution < 1.29 is 18.0 Å². The van der Waals surface area contributed by atoms with Gasteiger partial charge in [0.25, 0.3) is 0 Å². The number of amides is 1. The zero-order chi connectivity index (χ0) is 21.3. The summed E-state index contributed by atoms with van der Waals surface area (Å²) in [7, 11) is 1.07. The third kappa shape index (κ3) is 4.87. The number of carbonyl (C=O) groups excluding carboxylic acids is 1. The van der Waals surface area contributed by atoms with Crippen molar-refractivity contribution in [2.24, 2.45) is 7.05 Å². The minimum Gasteiger partial charge on any atom is -0.325 e. The first-order valence-electron chi connectivity index (χ1n) is 9.38. The number of likely N-dealkylation sites (tertiary alicyclic amines) is 1. The first-order chi connectivity index (χ1) is 13.5. The molecule has 3 rings (SSSR count). The molecule has 2 aromatic rings. The van der Waals surface area contributed by atoms with E-state index >= 15 is 0 Å². The summed E-state index contributed by atoms with van der Waals surface area (Å²) in [5, 5.41) is 6.38. The maximum Gasteiger partial charge on any atom is 0.451 e. The number of anilines is 1. The highest BCUT2D eigenvalue weighted by molar-refractivity contribution is 5.92. The van der Waals surface area contributed by atoms with Crippen LogP contribution in [0, 0.1) is 13.8 Å². The van der Waals surface area contributed by atoms with Crippen LogP contribution in [0.2, 0.25) is 0 Å². The van der Waals surface area contributed by atoms with E-state index in [9.17, 15) is 22.8 Å². The molecule has 7 nitrogen and oxygen atoms in total. The SMILES string of the molecule is Cc1cc(C)cc(NC(=O)CN2CCC(n3nc(C(F)(F)F)n(C)c3=O)CC2)c1. The number of hydrogen-bond donors (Lipinski definition) is 1. The van der Waals surface area contributed by atoms with E-state index in [0.29, 0.717) is 30.5 Å². The molecule has 1 saturated heterocycles. The normalized spacial score (nSPS) is 16.2. The second-order valence-electron chi connectivity index (χ2n) is 7.54. The van der Waals surface area contributed by atoms with E-state index in [1.54, 1.807) is 0 Å². The summed E-state index contributed by atoms with van der Waals surface area (Å²) in [5.74, 6) is -1.35. The van der Waals surface area contributed by atoms with Crippen LogP contribution in [0.25, 0.3) is 0 Å². The third-order valence-corrected chi connectivity index (χ3v) is 5.03. The van der Waals surface area contributed by atoms with Crippen LogP contribution in [0.3, 0.4) is 0 Å². The molecule has 0 bridgehead atoms. The maximum absolute atomic E-state index is 13.0. The maximum atomic E-state index is 13.0. The molecule has 0 aliphatic carbocycles. The number of benzene rings is 1. The Morgan fingerprint density at radius 3 is 2.28 bits per heavy atom. The Kier molecular flexibility index (Phi) is 5.83. The molecule has 1 fully saturated rings. The standard InChI is InChI=1S/C19H24F3N5O2/c1-12-8-13(2)10-14(9-12)23-16(28)11-26-6-4-15(5-7-26)27-18(29)25(3)17(24-27)19(20,21)22/h8-10,15H,4-7,11H2,1-3H3,(H,23,28). The van der Waals surface area contributed by atoms with Gasteiger partial charge in [-0.2, -0.15) is 13.2 Å². The number of aromatic nitrogens is 3. The molecular weight excluding hydrogens is 387 g/mol. The van der Waals surface area contributed by atoms with Crippen LogP contribution in [0.5, 0.6) is 0 Å². The van der Waals surface area contributed by atoms with Gasteiger partial charge in [-0.3, -0.25) is 14.3 Å². The smallest absolute Gasteiger partial charge is 0.325 e. The van der Waals surface area contributed by atoms with Crippen molar-refractivity contribution in [1.82, 2.24) is 19.2 Å². The molecular formula is C19H24F3N5O2. The van der Waals surface area contributed by atoms with Gasteiger partial charge in [0.15, 0.2) is 0 Å². The molecule has 1 aromatic carbocycles. The lowest BCUT2D eigenvalue weighted by atomic mass is 10.1. The molecule has 158 valence electrons. The van der Waals surface area contributed by atoms with Crippen molar-refractivity contribution in [3.8, 4) is 0 Å². The lowest BCUT2D eigenvalue weighted by Crippen LogP contribution is -2.41. The van der Waals surface area contributed by atoms with Crippen molar-refractivity contribution in [2.75, 3.05) is 25.0 Å². The minimum atomic E-state index is -4.67. The molecule has 10 heteroatoms. The Labute approximate surface area is 166 Å². The molecule has 0 radical (unpaired) electrons. The first kappa shape index (κ1) is 21.1. The van der Waals surface area contributed by atoms with Crippen LogP contribution in [0.15, 0.2) is 23.0 Å². The molecule has 1 aliphatic heterocycles. The van der Waals surface area contributed by atoms with E-state index in [4.69, 9.17) is 0 Å². The number of hydrogen-bond acceptors (Lipinski definition) is 4. The Morgan fingerprint density at radius 2 is 1.76 bits per heavy atom. The highest BCUT2D eigenvalue weighted by Crippen LogP contribution is 2.28. The van der Waals surface area contributed by atoms with Gasteiger partial charge in [0.05, 0.1) is 12.6 Å². The fraction of sp³-hybridized carbons (Fsp3) is 0.526. The van der Waals surface area contributed by atoms with E-state index in [2.05, 4.69) is 10.4 Å². The fourth-order valence-electron chi connectivity index (χ4n) is 3.71. The number of halogens is 3. The topological polar surface area (TPSA) is 72.2 Å². The lowest BCUT2D eigenvalue weighted by Gasteiger charge is -2.31. The van der Waals surface area contributed by atoms with Crippen LogP contribution in [-0.2, 0) is 18.0 Å². The number of carbonyl (C=O) groups is 1. The Balaban J connectivity index is 1.58. The molecule has 0 spiro atoms. The van der Waals surface area contributed by atoms with Crippen molar-refractivity contribution >= 4 is 11.6 Å². The predicted octanol–water partition coefficient (Wildman–Crippen LogP) is 2.49. The van der Waals surface area contributed by atoms with Gasteiger partial charge in [-0.1, -0.05) is 6.07 Å². The monoisotopic (exact) mass is 411 g/mol. The van der Waals surface area contributed by atoms with Gasteiger partial charge < -0.3 is 5.32 Å².